The molecular formula is C26H34N2O4. The molecule has 3 rings (SSSR count). The number of carbonyl (C=O) groups is 2. The molecule has 2 aromatic carbocycles. The molecular weight excluding hydrogens is 404 g/mol. The molecule has 1 aliphatic heterocycles. The van der Waals surface area contributed by atoms with Crippen LogP contribution in [0.15, 0.2) is 48.5 Å². The molecule has 0 saturated carbocycles. The highest BCUT2D eigenvalue weighted by molar-refractivity contribution is 5.94. The van der Waals surface area contributed by atoms with Crippen molar-refractivity contribution in [3.8, 4) is 11.5 Å². The minimum Gasteiger partial charge on any atom is -0.497 e. The van der Waals surface area contributed by atoms with Gasteiger partial charge < -0.3 is 19.3 Å². The van der Waals surface area contributed by atoms with E-state index in [2.05, 4.69) is 32.9 Å². The largest absolute Gasteiger partial charge is 0.497 e. The lowest BCUT2D eigenvalue weighted by molar-refractivity contribution is -0.132. The van der Waals surface area contributed by atoms with Crippen LogP contribution in [0.4, 0.5) is 0 Å². The quantitative estimate of drug-likeness (QED) is 0.610. The van der Waals surface area contributed by atoms with Gasteiger partial charge in [0.05, 0.1) is 13.7 Å². The van der Waals surface area contributed by atoms with Crippen LogP contribution in [-0.4, -0.2) is 61.5 Å². The molecule has 6 heteroatoms. The van der Waals surface area contributed by atoms with Crippen molar-refractivity contribution in [2.24, 2.45) is 0 Å². The van der Waals surface area contributed by atoms with Crippen LogP contribution in [0, 0.1) is 0 Å². The van der Waals surface area contributed by atoms with Gasteiger partial charge in [0.25, 0.3) is 5.91 Å². The molecule has 0 N–H and O–H groups in total. The first-order chi connectivity index (χ1) is 15.3. The zero-order chi connectivity index (χ0) is 23.1. The average molecular weight is 439 g/mol. The second-order valence-electron chi connectivity index (χ2n) is 9.13. The van der Waals surface area contributed by atoms with Crippen LogP contribution in [0.1, 0.15) is 49.5 Å². The topological polar surface area (TPSA) is 59.1 Å². The van der Waals surface area contributed by atoms with Crippen LogP contribution < -0.4 is 9.47 Å². The molecule has 32 heavy (non-hydrogen) atoms. The lowest BCUT2D eigenvalue weighted by atomic mass is 9.87. The Morgan fingerprint density at radius 1 is 0.844 bits per heavy atom. The first-order valence-corrected chi connectivity index (χ1v) is 11.2. The molecule has 1 aliphatic rings. The van der Waals surface area contributed by atoms with Gasteiger partial charge >= 0.3 is 0 Å². The van der Waals surface area contributed by atoms with Crippen LogP contribution in [-0.2, 0) is 10.2 Å². The summed E-state index contributed by atoms with van der Waals surface area (Å²) in [4.78, 5) is 28.8. The highest BCUT2D eigenvalue weighted by Gasteiger charge is 2.24. The molecule has 0 aliphatic carbocycles. The van der Waals surface area contributed by atoms with Gasteiger partial charge in [-0.3, -0.25) is 9.59 Å². The molecule has 1 heterocycles. The van der Waals surface area contributed by atoms with Gasteiger partial charge in [-0.2, -0.15) is 0 Å². The van der Waals surface area contributed by atoms with Crippen LogP contribution in [0.25, 0.3) is 0 Å². The molecule has 0 bridgehead atoms. The minimum absolute atomic E-state index is 0.00867. The number of ether oxygens (including phenoxy) is 2. The molecule has 172 valence electrons. The van der Waals surface area contributed by atoms with Gasteiger partial charge in [0, 0.05) is 38.2 Å². The van der Waals surface area contributed by atoms with Crippen molar-refractivity contribution in [1.82, 2.24) is 9.80 Å². The lowest BCUT2D eigenvalue weighted by Crippen LogP contribution is -2.50. The smallest absolute Gasteiger partial charge is 0.253 e. The maximum atomic E-state index is 12.7. The van der Waals surface area contributed by atoms with Crippen molar-refractivity contribution < 1.29 is 19.1 Å². The predicted molar refractivity (Wildman–Crippen MR) is 125 cm³/mol. The Morgan fingerprint density at radius 3 is 1.97 bits per heavy atom. The first kappa shape index (κ1) is 23.6. The third-order valence-electron chi connectivity index (χ3n) is 5.78. The molecule has 0 aromatic heterocycles. The zero-order valence-corrected chi connectivity index (χ0v) is 19.6. The summed E-state index contributed by atoms with van der Waals surface area (Å²) >= 11 is 0. The van der Waals surface area contributed by atoms with Crippen molar-refractivity contribution in [2.45, 2.75) is 39.0 Å². The Hall–Kier alpha value is -3.02. The third-order valence-corrected chi connectivity index (χ3v) is 5.78. The Bertz CT molecular complexity index is 893. The predicted octanol–water partition coefficient (Wildman–Crippen LogP) is 4.14. The minimum atomic E-state index is -0.00867. The van der Waals surface area contributed by atoms with Gasteiger partial charge in [-0.15, -0.1) is 0 Å². The Balaban J connectivity index is 1.37. The Morgan fingerprint density at radius 2 is 1.41 bits per heavy atom. The van der Waals surface area contributed by atoms with Gasteiger partial charge in [-0.05, 0) is 53.8 Å². The summed E-state index contributed by atoms with van der Waals surface area (Å²) in [6, 6.07) is 15.3. The highest BCUT2D eigenvalue weighted by atomic mass is 16.5. The summed E-state index contributed by atoms with van der Waals surface area (Å²) in [5.74, 6) is 1.66. The summed E-state index contributed by atoms with van der Waals surface area (Å²) in [7, 11) is 1.60. The molecule has 0 spiro atoms. The first-order valence-electron chi connectivity index (χ1n) is 11.2. The maximum Gasteiger partial charge on any atom is 0.253 e. The highest BCUT2D eigenvalue weighted by Crippen LogP contribution is 2.24. The third kappa shape index (κ3) is 6.25. The number of nitrogens with zero attached hydrogens (tertiary/aromatic N) is 2. The number of benzene rings is 2. The number of hydrogen-bond acceptors (Lipinski definition) is 4. The molecule has 1 fully saturated rings. The second kappa shape index (κ2) is 10.5. The monoisotopic (exact) mass is 438 g/mol. The van der Waals surface area contributed by atoms with Gasteiger partial charge in [0.2, 0.25) is 5.91 Å². The van der Waals surface area contributed by atoms with E-state index in [-0.39, 0.29) is 17.2 Å². The number of amides is 2. The van der Waals surface area contributed by atoms with E-state index in [0.29, 0.717) is 51.2 Å². The maximum absolute atomic E-state index is 12.7. The number of hydrogen-bond donors (Lipinski definition) is 0. The summed E-state index contributed by atoms with van der Waals surface area (Å²) in [6.45, 7) is 9.29. The van der Waals surface area contributed by atoms with E-state index in [1.54, 1.807) is 36.3 Å². The van der Waals surface area contributed by atoms with Crippen molar-refractivity contribution in [3.05, 3.63) is 59.7 Å². The van der Waals surface area contributed by atoms with Gasteiger partial charge in [-0.1, -0.05) is 32.9 Å². The molecule has 0 unspecified atom stereocenters. The molecule has 1 saturated heterocycles. The summed E-state index contributed by atoms with van der Waals surface area (Å²) < 4.78 is 10.9. The molecule has 0 atom stereocenters. The number of piperazine rings is 1. The average Bonchev–Trinajstić information content (AvgIpc) is 2.81. The van der Waals surface area contributed by atoms with E-state index < -0.39 is 0 Å². The second-order valence-corrected chi connectivity index (χ2v) is 9.13. The summed E-state index contributed by atoms with van der Waals surface area (Å²) in [5.41, 5.74) is 2.02. The van der Waals surface area contributed by atoms with E-state index >= 15 is 0 Å². The van der Waals surface area contributed by atoms with E-state index in [9.17, 15) is 9.59 Å². The van der Waals surface area contributed by atoms with E-state index in [1.165, 1.54) is 5.56 Å². The molecule has 2 aromatic rings. The summed E-state index contributed by atoms with van der Waals surface area (Å²) in [6.07, 6.45) is 1.12. The van der Waals surface area contributed by atoms with E-state index in [1.807, 2.05) is 17.0 Å². The van der Waals surface area contributed by atoms with Crippen molar-refractivity contribution in [2.75, 3.05) is 39.9 Å². The van der Waals surface area contributed by atoms with E-state index in [4.69, 9.17) is 9.47 Å². The zero-order valence-electron chi connectivity index (χ0n) is 19.6. The Kier molecular flexibility index (Phi) is 7.78. The molecule has 6 nitrogen and oxygen atoms in total. The molecule has 0 radical (unpaired) electrons. The molecule has 2 amide bonds. The number of carbonyl (C=O) groups excluding carboxylic acids is 2. The van der Waals surface area contributed by atoms with Gasteiger partial charge in [-0.25, -0.2) is 0 Å². The van der Waals surface area contributed by atoms with Crippen molar-refractivity contribution in [3.63, 3.8) is 0 Å². The van der Waals surface area contributed by atoms with Crippen molar-refractivity contribution in [1.29, 1.82) is 0 Å². The van der Waals surface area contributed by atoms with Crippen LogP contribution in [0.3, 0.4) is 0 Å². The van der Waals surface area contributed by atoms with Crippen LogP contribution in [0.2, 0.25) is 0 Å². The fourth-order valence-corrected chi connectivity index (χ4v) is 3.70. The van der Waals surface area contributed by atoms with Crippen LogP contribution >= 0.6 is 0 Å². The van der Waals surface area contributed by atoms with E-state index in [0.717, 1.165) is 11.5 Å². The van der Waals surface area contributed by atoms with Gasteiger partial charge in [0.15, 0.2) is 0 Å². The van der Waals surface area contributed by atoms with Crippen molar-refractivity contribution >= 4 is 11.8 Å². The normalized spacial score (nSPS) is 14.2. The standard InChI is InChI=1S/C26H34N2O4/c1-26(2,3)21-9-13-23(14-10-21)32-19-5-6-24(29)27-15-17-28(18-16-27)25(30)20-7-11-22(31-4)12-8-20/h7-14H,5-6,15-19H2,1-4H3. The number of rotatable bonds is 7. The summed E-state index contributed by atoms with van der Waals surface area (Å²) in [5, 5.41) is 0. The fourth-order valence-electron chi connectivity index (χ4n) is 3.70. The fraction of sp³-hybridized carbons (Fsp3) is 0.462. The SMILES string of the molecule is COc1ccc(C(=O)N2CCN(C(=O)CCCOc3ccc(C(C)(C)C)cc3)CC2)cc1. The lowest BCUT2D eigenvalue weighted by Gasteiger charge is -2.35. The van der Waals surface area contributed by atoms with Crippen LogP contribution in [0.5, 0.6) is 11.5 Å². The van der Waals surface area contributed by atoms with Gasteiger partial charge in [0.1, 0.15) is 11.5 Å². The Labute approximate surface area is 191 Å². The number of methoxy groups -OCH3 is 1.